The highest BCUT2D eigenvalue weighted by atomic mass is 35.5. The Balaban J connectivity index is 1.96. The van der Waals surface area contributed by atoms with Crippen LogP contribution in [0.4, 0.5) is 4.39 Å². The van der Waals surface area contributed by atoms with Crippen molar-refractivity contribution in [3.63, 3.8) is 0 Å². The molecular weight excluding hydrogens is 395 g/mol. The zero-order chi connectivity index (χ0) is 21.3. The van der Waals surface area contributed by atoms with Crippen molar-refractivity contribution >= 4 is 17.5 Å². The summed E-state index contributed by atoms with van der Waals surface area (Å²) in [4.78, 5) is 27.2. The Bertz CT molecular complexity index is 1110. The van der Waals surface area contributed by atoms with Gasteiger partial charge in [-0.15, -0.1) is 5.10 Å². The molecule has 2 aromatic carbocycles. The molecular formula is C21H22ClFN4O2. The van der Waals surface area contributed by atoms with E-state index in [0.29, 0.717) is 5.82 Å². The summed E-state index contributed by atoms with van der Waals surface area (Å²) in [5.74, 6) is -0.416. The molecule has 0 fully saturated rings. The lowest BCUT2D eigenvalue weighted by atomic mass is 9.95. The van der Waals surface area contributed by atoms with E-state index in [1.165, 1.54) is 6.07 Å². The maximum absolute atomic E-state index is 14.4. The highest BCUT2D eigenvalue weighted by Crippen LogP contribution is 2.24. The van der Waals surface area contributed by atoms with Gasteiger partial charge in [-0.2, -0.15) is 4.68 Å². The number of halogens is 2. The van der Waals surface area contributed by atoms with Gasteiger partial charge in [-0.1, -0.05) is 62.2 Å². The lowest BCUT2D eigenvalue weighted by Gasteiger charge is -2.18. The zero-order valence-corrected chi connectivity index (χ0v) is 17.4. The van der Waals surface area contributed by atoms with E-state index in [9.17, 15) is 14.0 Å². The maximum Gasteiger partial charge on any atom is 0.348 e. The molecule has 8 heteroatoms. The van der Waals surface area contributed by atoms with Gasteiger partial charge in [-0.3, -0.25) is 9.78 Å². The van der Waals surface area contributed by atoms with E-state index in [2.05, 4.69) is 15.4 Å². The Morgan fingerprint density at radius 1 is 1.24 bits per heavy atom. The van der Waals surface area contributed by atoms with Gasteiger partial charge in [-0.05, 0) is 19.1 Å². The summed E-state index contributed by atoms with van der Waals surface area (Å²) in [5.41, 5.74) is 1.15. The minimum atomic E-state index is -0.603. The molecule has 0 bridgehead atoms. The summed E-state index contributed by atoms with van der Waals surface area (Å²) in [7, 11) is 0. The molecule has 0 atom stereocenters. The molecule has 3 aromatic rings. The van der Waals surface area contributed by atoms with Gasteiger partial charge in [0.25, 0.3) is 0 Å². The summed E-state index contributed by atoms with van der Waals surface area (Å²) in [6, 6.07) is 10.0. The molecule has 0 saturated carbocycles. The highest BCUT2D eigenvalue weighted by Gasteiger charge is 2.22. The number of nitrogens with one attached hydrogen (secondary N) is 2. The van der Waals surface area contributed by atoms with Crippen molar-refractivity contribution in [3.05, 3.63) is 68.8 Å². The monoisotopic (exact) mass is 416 g/mol. The van der Waals surface area contributed by atoms with Crippen molar-refractivity contribution in [1.29, 1.82) is 0 Å². The van der Waals surface area contributed by atoms with Crippen molar-refractivity contribution in [2.24, 2.45) is 5.41 Å². The predicted octanol–water partition coefficient (Wildman–Crippen LogP) is 3.99. The summed E-state index contributed by atoms with van der Waals surface area (Å²) in [5, 5.41) is 7.03. The van der Waals surface area contributed by atoms with E-state index in [0.717, 1.165) is 21.9 Å². The third kappa shape index (κ3) is 4.56. The van der Waals surface area contributed by atoms with Gasteiger partial charge in [0.05, 0.1) is 10.7 Å². The number of aromatic amines is 1. The topological polar surface area (TPSA) is 79.8 Å². The molecule has 0 aliphatic heterocycles. The Morgan fingerprint density at radius 3 is 2.52 bits per heavy atom. The highest BCUT2D eigenvalue weighted by molar-refractivity contribution is 6.32. The number of aryl methyl sites for hydroxylation is 1. The first kappa shape index (κ1) is 20.8. The summed E-state index contributed by atoms with van der Waals surface area (Å²) in [6.45, 7) is 7.23. The first-order valence-corrected chi connectivity index (χ1v) is 9.47. The van der Waals surface area contributed by atoms with Crippen molar-refractivity contribution < 1.29 is 9.18 Å². The van der Waals surface area contributed by atoms with Gasteiger partial charge < -0.3 is 5.32 Å². The van der Waals surface area contributed by atoms with Crippen LogP contribution in [0.25, 0.3) is 17.1 Å². The van der Waals surface area contributed by atoms with Crippen LogP contribution in [0.2, 0.25) is 5.02 Å². The summed E-state index contributed by atoms with van der Waals surface area (Å²) >= 11 is 6.18. The molecule has 0 saturated heterocycles. The van der Waals surface area contributed by atoms with Gasteiger partial charge in [0.15, 0.2) is 5.82 Å². The van der Waals surface area contributed by atoms with Crippen LogP contribution in [0.5, 0.6) is 0 Å². The Labute approximate surface area is 172 Å². The van der Waals surface area contributed by atoms with Gasteiger partial charge in [0.2, 0.25) is 5.91 Å². The van der Waals surface area contributed by atoms with E-state index < -0.39 is 16.9 Å². The average molecular weight is 417 g/mol. The number of nitrogens with zero attached hydrogens (tertiary/aromatic N) is 2. The number of hydrogen-bond donors (Lipinski definition) is 2. The molecule has 0 unspecified atom stereocenters. The number of carbonyl (C=O) groups excluding carboxylic acids is 1. The van der Waals surface area contributed by atoms with E-state index >= 15 is 0 Å². The van der Waals surface area contributed by atoms with E-state index in [1.807, 2.05) is 31.2 Å². The molecule has 29 heavy (non-hydrogen) atoms. The third-order valence-corrected chi connectivity index (χ3v) is 4.71. The smallest absolute Gasteiger partial charge is 0.348 e. The van der Waals surface area contributed by atoms with E-state index in [4.69, 9.17) is 11.6 Å². The number of H-pyrrole nitrogens is 1. The molecule has 152 valence electrons. The Hall–Kier alpha value is -2.93. The molecule has 0 aliphatic carbocycles. The molecule has 0 spiro atoms. The SMILES string of the molecule is Cc1ccc(-c2nn(-c3cc(CNC(=O)C(C)(C)C)c(F)cc3Cl)c(=O)[nH]2)cc1. The van der Waals surface area contributed by atoms with Gasteiger partial charge in [0.1, 0.15) is 5.82 Å². The van der Waals surface area contributed by atoms with Gasteiger partial charge in [-0.25, -0.2) is 9.18 Å². The number of rotatable bonds is 4. The predicted molar refractivity (Wildman–Crippen MR) is 111 cm³/mol. The molecule has 1 aromatic heterocycles. The second kappa shape index (κ2) is 7.83. The first-order valence-electron chi connectivity index (χ1n) is 9.09. The summed E-state index contributed by atoms with van der Waals surface area (Å²) < 4.78 is 15.4. The molecule has 1 heterocycles. The van der Waals surface area contributed by atoms with Crippen LogP contribution in [-0.4, -0.2) is 20.7 Å². The van der Waals surface area contributed by atoms with Crippen LogP contribution in [0.1, 0.15) is 31.9 Å². The Morgan fingerprint density at radius 2 is 1.90 bits per heavy atom. The standard InChI is InChI=1S/C21H22ClFN4O2/c1-12-5-7-13(8-6-12)18-25-20(29)27(26-18)17-9-14(16(23)10-15(17)22)11-24-19(28)21(2,3)4/h5-10H,11H2,1-4H3,(H,24,28)(H,25,26,29). The zero-order valence-electron chi connectivity index (χ0n) is 16.6. The van der Waals surface area contributed by atoms with Crippen LogP contribution in [-0.2, 0) is 11.3 Å². The average Bonchev–Trinajstić information content (AvgIpc) is 3.02. The first-order chi connectivity index (χ1) is 13.6. The van der Waals surface area contributed by atoms with Gasteiger partial charge >= 0.3 is 5.69 Å². The third-order valence-electron chi connectivity index (χ3n) is 4.41. The van der Waals surface area contributed by atoms with Crippen molar-refractivity contribution in [3.8, 4) is 17.1 Å². The second-order valence-electron chi connectivity index (χ2n) is 7.88. The lowest BCUT2D eigenvalue weighted by Crippen LogP contribution is -2.34. The van der Waals surface area contributed by atoms with Crippen LogP contribution < -0.4 is 11.0 Å². The van der Waals surface area contributed by atoms with Crippen LogP contribution in [0, 0.1) is 18.2 Å². The molecule has 1 amide bonds. The van der Waals surface area contributed by atoms with Crippen LogP contribution in [0.15, 0.2) is 41.2 Å². The summed E-state index contributed by atoms with van der Waals surface area (Å²) in [6.07, 6.45) is 0. The van der Waals surface area contributed by atoms with Crippen LogP contribution >= 0.6 is 11.6 Å². The maximum atomic E-state index is 14.4. The largest absolute Gasteiger partial charge is 0.351 e. The minimum Gasteiger partial charge on any atom is -0.351 e. The van der Waals surface area contributed by atoms with E-state index in [-0.39, 0.29) is 28.7 Å². The fourth-order valence-corrected chi connectivity index (χ4v) is 2.88. The molecule has 0 radical (unpaired) electrons. The normalized spacial score (nSPS) is 11.5. The number of carbonyl (C=O) groups is 1. The second-order valence-corrected chi connectivity index (χ2v) is 8.29. The number of benzene rings is 2. The van der Waals surface area contributed by atoms with Crippen molar-refractivity contribution in [2.45, 2.75) is 34.2 Å². The minimum absolute atomic E-state index is 0.0316. The fraction of sp³-hybridized carbons (Fsp3) is 0.286. The van der Waals surface area contributed by atoms with Crippen molar-refractivity contribution in [1.82, 2.24) is 20.1 Å². The van der Waals surface area contributed by atoms with Gasteiger partial charge in [0, 0.05) is 23.1 Å². The molecule has 3 rings (SSSR count). The van der Waals surface area contributed by atoms with E-state index in [1.54, 1.807) is 20.8 Å². The number of hydrogen-bond acceptors (Lipinski definition) is 3. The molecule has 0 aliphatic rings. The quantitative estimate of drug-likeness (QED) is 0.674. The lowest BCUT2D eigenvalue weighted by molar-refractivity contribution is -0.128. The van der Waals surface area contributed by atoms with Crippen LogP contribution in [0.3, 0.4) is 0 Å². The molecule has 6 nitrogen and oxygen atoms in total. The number of aromatic nitrogens is 3. The van der Waals surface area contributed by atoms with Crippen molar-refractivity contribution in [2.75, 3.05) is 0 Å². The number of amides is 1. The Kier molecular flexibility index (Phi) is 5.61. The molecule has 2 N–H and O–H groups in total. The fourth-order valence-electron chi connectivity index (χ4n) is 2.65.